The molecule has 6 nitrogen and oxygen atoms in total. The number of carbonyl (C=O) groups is 1. The van der Waals surface area contributed by atoms with Gasteiger partial charge in [0.15, 0.2) is 17.2 Å². The van der Waals surface area contributed by atoms with Gasteiger partial charge in [-0.3, -0.25) is 9.78 Å². The number of amides is 1. The molecule has 1 fully saturated rings. The number of alkyl halides is 3. The number of benzene rings is 1. The van der Waals surface area contributed by atoms with E-state index in [-0.39, 0.29) is 11.3 Å². The second-order valence-electron chi connectivity index (χ2n) is 8.75. The maximum Gasteiger partial charge on any atom is 0.417 e. The van der Waals surface area contributed by atoms with E-state index in [2.05, 4.69) is 10.3 Å². The van der Waals surface area contributed by atoms with Crippen molar-refractivity contribution in [2.45, 2.75) is 56.6 Å². The lowest BCUT2D eigenvalue weighted by Gasteiger charge is -2.32. The van der Waals surface area contributed by atoms with E-state index in [1.54, 1.807) is 0 Å². The number of methoxy groups -OCH3 is 1. The third-order valence-corrected chi connectivity index (χ3v) is 6.86. The summed E-state index contributed by atoms with van der Waals surface area (Å²) in [4.78, 5) is 17.4. The van der Waals surface area contributed by atoms with Gasteiger partial charge in [-0.1, -0.05) is 13.0 Å². The minimum absolute atomic E-state index is 0.121. The van der Waals surface area contributed by atoms with Crippen LogP contribution in [0.2, 0.25) is 0 Å². The summed E-state index contributed by atoms with van der Waals surface area (Å²) in [6.45, 7) is 2.05. The fourth-order valence-corrected chi connectivity index (χ4v) is 4.76. The predicted molar refractivity (Wildman–Crippen MR) is 110 cm³/mol. The molecule has 2 heterocycles. The highest BCUT2D eigenvalue weighted by atomic mass is 19.4. The van der Waals surface area contributed by atoms with Crippen molar-refractivity contribution < 1.29 is 41.3 Å². The topological polar surface area (TPSA) is 80.7 Å². The van der Waals surface area contributed by atoms with Gasteiger partial charge in [0.2, 0.25) is 5.82 Å². The molecule has 0 radical (unpaired) electrons. The normalized spacial score (nSPS) is 28.6. The predicted octanol–water partition coefficient (Wildman–Crippen LogP) is 4.43. The van der Waals surface area contributed by atoms with Gasteiger partial charge in [-0.25, -0.2) is 4.39 Å². The molecule has 2 aromatic rings. The number of hydrogen-bond donors (Lipinski definition) is 2. The fraction of sp³-hybridized carbons (Fsp3) is 0.478. The molecule has 4 rings (SSSR count). The van der Waals surface area contributed by atoms with Crippen molar-refractivity contribution in [3.8, 4) is 5.75 Å². The van der Waals surface area contributed by atoms with Crippen LogP contribution in [0, 0.1) is 17.6 Å². The third-order valence-electron chi connectivity index (χ3n) is 6.86. The largest absolute Gasteiger partial charge is 0.493 e. The van der Waals surface area contributed by atoms with Gasteiger partial charge in [-0.2, -0.15) is 17.6 Å². The Labute approximate surface area is 192 Å². The van der Waals surface area contributed by atoms with Crippen LogP contribution in [-0.4, -0.2) is 41.0 Å². The monoisotopic (exact) mass is 486 g/mol. The first-order valence-electron chi connectivity index (χ1n) is 10.6. The maximum atomic E-state index is 14.4. The van der Waals surface area contributed by atoms with Gasteiger partial charge in [0.1, 0.15) is 6.10 Å². The number of aromatic nitrogens is 1. The summed E-state index contributed by atoms with van der Waals surface area (Å²) >= 11 is 0. The van der Waals surface area contributed by atoms with Gasteiger partial charge in [0.05, 0.1) is 25.1 Å². The van der Waals surface area contributed by atoms with Crippen molar-refractivity contribution in [3.05, 3.63) is 52.9 Å². The number of aryl methyl sites for hydroxylation is 1. The molecule has 1 aliphatic heterocycles. The zero-order valence-electron chi connectivity index (χ0n) is 18.5. The van der Waals surface area contributed by atoms with Crippen molar-refractivity contribution in [2.75, 3.05) is 12.4 Å². The van der Waals surface area contributed by atoms with Crippen molar-refractivity contribution in [3.63, 3.8) is 0 Å². The number of halogens is 5. The molecule has 1 saturated heterocycles. The lowest BCUT2D eigenvalue weighted by molar-refractivity contribution is -0.272. The van der Waals surface area contributed by atoms with Crippen LogP contribution in [0.1, 0.15) is 49.1 Å². The lowest BCUT2D eigenvalue weighted by Crippen LogP contribution is -2.47. The molecule has 2 aliphatic rings. The Kier molecular flexibility index (Phi) is 6.05. The molecule has 34 heavy (non-hydrogen) atoms. The summed E-state index contributed by atoms with van der Waals surface area (Å²) in [5.41, 5.74) is -1.51. The molecule has 1 aromatic carbocycles. The average molecular weight is 486 g/mol. The molecule has 11 heteroatoms. The van der Waals surface area contributed by atoms with Crippen LogP contribution >= 0.6 is 0 Å². The van der Waals surface area contributed by atoms with E-state index < -0.39 is 59.1 Å². The SMILES string of the molecule is COc1c([C@H]2[C@H](C(=O)Nc3cnc4c(c3)[C@H](O)CC4)O[C@@](C)(C(F)(F)F)[C@H]2C)ccc(F)c1F. The quantitative estimate of drug-likeness (QED) is 0.626. The van der Waals surface area contributed by atoms with Crippen molar-refractivity contribution >= 4 is 11.6 Å². The van der Waals surface area contributed by atoms with Crippen LogP contribution in [0.4, 0.5) is 27.6 Å². The number of hydrogen-bond acceptors (Lipinski definition) is 5. The van der Waals surface area contributed by atoms with E-state index in [0.717, 1.165) is 26.2 Å². The summed E-state index contributed by atoms with van der Waals surface area (Å²) < 4.78 is 80.5. The smallest absolute Gasteiger partial charge is 0.417 e. The number of anilines is 1. The van der Waals surface area contributed by atoms with Gasteiger partial charge in [0.25, 0.3) is 5.91 Å². The molecule has 5 atom stereocenters. The Morgan fingerprint density at radius 1 is 1.29 bits per heavy atom. The summed E-state index contributed by atoms with van der Waals surface area (Å²) in [5.74, 6) is -6.80. The Balaban J connectivity index is 1.74. The van der Waals surface area contributed by atoms with E-state index in [1.165, 1.54) is 19.2 Å². The molecule has 184 valence electrons. The molecule has 1 amide bonds. The molecular formula is C23H23F5N2O4. The summed E-state index contributed by atoms with van der Waals surface area (Å²) in [5, 5.41) is 12.6. The number of ether oxygens (including phenoxy) is 2. The zero-order valence-corrected chi connectivity index (χ0v) is 18.5. The van der Waals surface area contributed by atoms with E-state index in [4.69, 9.17) is 9.47 Å². The number of aliphatic hydroxyl groups is 1. The Morgan fingerprint density at radius 2 is 2.00 bits per heavy atom. The van der Waals surface area contributed by atoms with E-state index >= 15 is 0 Å². The first kappa shape index (κ1) is 24.3. The second kappa shape index (κ2) is 8.46. The summed E-state index contributed by atoms with van der Waals surface area (Å²) in [7, 11) is 1.06. The number of fused-ring (bicyclic) bond motifs is 1. The molecule has 0 saturated carbocycles. The lowest BCUT2D eigenvalue weighted by atomic mass is 9.77. The molecule has 0 bridgehead atoms. The van der Waals surface area contributed by atoms with Crippen LogP contribution < -0.4 is 10.1 Å². The van der Waals surface area contributed by atoms with Crippen LogP contribution in [0.3, 0.4) is 0 Å². The van der Waals surface area contributed by atoms with E-state index in [9.17, 15) is 31.9 Å². The first-order chi connectivity index (χ1) is 15.9. The molecule has 2 N–H and O–H groups in total. The van der Waals surface area contributed by atoms with Gasteiger partial charge >= 0.3 is 6.18 Å². The maximum absolute atomic E-state index is 14.4. The molecule has 1 aromatic heterocycles. The highest BCUT2D eigenvalue weighted by molar-refractivity contribution is 5.95. The Morgan fingerprint density at radius 3 is 2.65 bits per heavy atom. The van der Waals surface area contributed by atoms with Gasteiger partial charge in [0, 0.05) is 28.7 Å². The standard InChI is InChI=1S/C23H23F5N2O4/c1-10-17(12-4-5-14(24)18(25)19(12)33-3)20(34-22(10,2)23(26,27)28)21(32)30-11-8-13-15(29-9-11)6-7-16(13)31/h4-5,8-10,16-17,20,31H,6-7H2,1-3H3,(H,30,32)/t10-,16+,17-,20+,22+/m0/s1. The number of pyridine rings is 1. The summed E-state index contributed by atoms with van der Waals surface area (Å²) in [6.07, 6.45) is -4.94. The minimum Gasteiger partial charge on any atom is -0.493 e. The first-order valence-corrected chi connectivity index (χ1v) is 10.6. The minimum atomic E-state index is -4.86. The molecule has 1 aliphatic carbocycles. The third kappa shape index (κ3) is 3.80. The van der Waals surface area contributed by atoms with Crippen LogP contribution in [0.15, 0.2) is 24.4 Å². The van der Waals surface area contributed by atoms with Crippen LogP contribution in [-0.2, 0) is 16.0 Å². The Hall–Kier alpha value is -2.79. The van der Waals surface area contributed by atoms with Gasteiger partial charge in [-0.15, -0.1) is 0 Å². The fourth-order valence-electron chi connectivity index (χ4n) is 4.76. The second-order valence-corrected chi connectivity index (χ2v) is 8.75. The van der Waals surface area contributed by atoms with Gasteiger partial charge < -0.3 is 19.9 Å². The molecule has 0 spiro atoms. The number of carbonyl (C=O) groups excluding carboxylic acids is 1. The van der Waals surface area contributed by atoms with E-state index in [1.807, 2.05) is 0 Å². The van der Waals surface area contributed by atoms with Crippen molar-refractivity contribution in [2.24, 2.45) is 5.92 Å². The average Bonchev–Trinajstić information content (AvgIpc) is 3.27. The highest BCUT2D eigenvalue weighted by Gasteiger charge is 2.65. The number of nitrogens with one attached hydrogen (secondary N) is 1. The number of nitrogens with zero attached hydrogens (tertiary/aromatic N) is 1. The zero-order chi connectivity index (χ0) is 25.0. The van der Waals surface area contributed by atoms with Crippen molar-refractivity contribution in [1.29, 1.82) is 0 Å². The Bertz CT molecular complexity index is 1130. The highest BCUT2D eigenvalue weighted by Crippen LogP contribution is 2.55. The van der Waals surface area contributed by atoms with Gasteiger partial charge in [-0.05, 0) is 31.9 Å². The summed E-state index contributed by atoms with van der Waals surface area (Å²) in [6, 6.07) is 3.37. The van der Waals surface area contributed by atoms with Crippen LogP contribution in [0.5, 0.6) is 5.75 Å². The molecule has 0 unspecified atom stereocenters. The van der Waals surface area contributed by atoms with Crippen LogP contribution in [0.25, 0.3) is 0 Å². The van der Waals surface area contributed by atoms with Crippen molar-refractivity contribution in [1.82, 2.24) is 4.98 Å². The van der Waals surface area contributed by atoms with E-state index in [0.29, 0.717) is 24.1 Å². The number of rotatable bonds is 4. The number of aliphatic hydroxyl groups excluding tert-OH is 1. The molecular weight excluding hydrogens is 463 g/mol.